The first-order valence-electron chi connectivity index (χ1n) is 7.06. The average Bonchev–Trinajstić information content (AvgIpc) is 2.39. The van der Waals surface area contributed by atoms with E-state index < -0.39 is 0 Å². The standard InChI is InChI=1S/C18H17BrO/c1-12-9-10-17(19)16(11-12)18(20)15-8-3-2-7-14(15)13-5-4-6-13/h2-3,7-11,13H,4-6H2,1H3. The Bertz CT molecular complexity index is 656. The third-order valence-electron chi connectivity index (χ3n) is 4.12. The van der Waals surface area contributed by atoms with Gasteiger partial charge in [-0.15, -0.1) is 0 Å². The van der Waals surface area contributed by atoms with Gasteiger partial charge < -0.3 is 0 Å². The lowest BCUT2D eigenvalue weighted by molar-refractivity contribution is 0.103. The monoisotopic (exact) mass is 328 g/mol. The second-order valence-corrected chi connectivity index (χ2v) is 6.38. The largest absolute Gasteiger partial charge is 0.289 e. The summed E-state index contributed by atoms with van der Waals surface area (Å²) in [6.45, 7) is 2.01. The first kappa shape index (κ1) is 13.6. The number of benzene rings is 2. The van der Waals surface area contributed by atoms with Crippen molar-refractivity contribution in [3.05, 3.63) is 69.2 Å². The summed E-state index contributed by atoms with van der Waals surface area (Å²) in [6.07, 6.45) is 3.69. The van der Waals surface area contributed by atoms with Gasteiger partial charge in [-0.05, 0) is 43.4 Å². The number of carbonyl (C=O) groups excluding carboxylic acids is 1. The van der Waals surface area contributed by atoms with Crippen LogP contribution in [-0.2, 0) is 0 Å². The third kappa shape index (κ3) is 2.45. The summed E-state index contributed by atoms with van der Waals surface area (Å²) >= 11 is 3.50. The van der Waals surface area contributed by atoms with E-state index in [2.05, 4.69) is 22.0 Å². The van der Waals surface area contributed by atoms with Crippen LogP contribution in [0.3, 0.4) is 0 Å². The second kappa shape index (κ2) is 5.53. The van der Waals surface area contributed by atoms with Crippen molar-refractivity contribution in [3.63, 3.8) is 0 Å². The first-order chi connectivity index (χ1) is 9.66. The number of halogens is 1. The lowest BCUT2D eigenvalue weighted by Crippen LogP contribution is -2.14. The molecule has 0 atom stereocenters. The Morgan fingerprint density at radius 2 is 1.85 bits per heavy atom. The van der Waals surface area contributed by atoms with Crippen molar-refractivity contribution in [1.29, 1.82) is 0 Å². The molecule has 0 aliphatic heterocycles. The fourth-order valence-corrected chi connectivity index (χ4v) is 3.16. The molecule has 1 nitrogen and oxygen atoms in total. The highest BCUT2D eigenvalue weighted by Gasteiger charge is 2.25. The molecule has 2 aromatic rings. The minimum absolute atomic E-state index is 0.128. The highest BCUT2D eigenvalue weighted by Crippen LogP contribution is 2.38. The molecular formula is C18H17BrO. The van der Waals surface area contributed by atoms with E-state index in [1.807, 2.05) is 43.3 Å². The molecule has 0 heterocycles. The molecule has 2 aromatic carbocycles. The molecule has 0 aromatic heterocycles. The Hall–Kier alpha value is -1.41. The Morgan fingerprint density at radius 3 is 2.55 bits per heavy atom. The maximum Gasteiger partial charge on any atom is 0.194 e. The molecule has 1 saturated carbocycles. The van der Waals surface area contributed by atoms with Gasteiger partial charge in [0, 0.05) is 15.6 Å². The van der Waals surface area contributed by atoms with Crippen molar-refractivity contribution in [2.75, 3.05) is 0 Å². The molecule has 0 amide bonds. The highest BCUT2D eigenvalue weighted by molar-refractivity contribution is 9.10. The molecule has 0 saturated heterocycles. The summed E-state index contributed by atoms with van der Waals surface area (Å²) in [6, 6.07) is 14.0. The van der Waals surface area contributed by atoms with Gasteiger partial charge in [0.2, 0.25) is 0 Å². The van der Waals surface area contributed by atoms with Gasteiger partial charge in [-0.2, -0.15) is 0 Å². The van der Waals surface area contributed by atoms with Crippen LogP contribution in [0.15, 0.2) is 46.9 Å². The molecule has 0 unspecified atom stereocenters. The number of hydrogen-bond acceptors (Lipinski definition) is 1. The Morgan fingerprint density at radius 1 is 1.10 bits per heavy atom. The fourth-order valence-electron chi connectivity index (χ4n) is 2.74. The smallest absolute Gasteiger partial charge is 0.194 e. The predicted molar refractivity (Wildman–Crippen MR) is 85.3 cm³/mol. The summed E-state index contributed by atoms with van der Waals surface area (Å²) < 4.78 is 0.872. The number of aryl methyl sites for hydroxylation is 1. The number of carbonyl (C=O) groups is 1. The molecule has 3 rings (SSSR count). The number of hydrogen-bond donors (Lipinski definition) is 0. The van der Waals surface area contributed by atoms with Gasteiger partial charge in [-0.1, -0.05) is 58.2 Å². The second-order valence-electron chi connectivity index (χ2n) is 5.53. The van der Waals surface area contributed by atoms with Crippen LogP contribution in [0.25, 0.3) is 0 Å². The lowest BCUT2D eigenvalue weighted by Gasteiger charge is -2.27. The molecule has 2 heteroatoms. The Balaban J connectivity index is 2.04. The molecule has 0 radical (unpaired) electrons. The van der Waals surface area contributed by atoms with Crippen LogP contribution in [0, 0.1) is 6.92 Å². The maximum atomic E-state index is 12.9. The van der Waals surface area contributed by atoms with Gasteiger partial charge in [0.1, 0.15) is 0 Å². The summed E-state index contributed by atoms with van der Waals surface area (Å²) in [4.78, 5) is 12.9. The third-order valence-corrected chi connectivity index (χ3v) is 4.81. The van der Waals surface area contributed by atoms with Crippen LogP contribution in [0.5, 0.6) is 0 Å². The summed E-state index contributed by atoms with van der Waals surface area (Å²) in [5, 5.41) is 0. The molecule has 0 spiro atoms. The fraction of sp³-hybridized carbons (Fsp3) is 0.278. The topological polar surface area (TPSA) is 17.1 Å². The normalized spacial score (nSPS) is 14.9. The van der Waals surface area contributed by atoms with Crippen molar-refractivity contribution in [2.24, 2.45) is 0 Å². The molecule has 1 fully saturated rings. The first-order valence-corrected chi connectivity index (χ1v) is 7.86. The molecule has 102 valence electrons. The van der Waals surface area contributed by atoms with E-state index >= 15 is 0 Å². The van der Waals surface area contributed by atoms with Crippen LogP contribution in [0.2, 0.25) is 0 Å². The molecule has 0 N–H and O–H groups in total. The molecule has 20 heavy (non-hydrogen) atoms. The van der Waals surface area contributed by atoms with Crippen molar-refractivity contribution >= 4 is 21.7 Å². The van der Waals surface area contributed by atoms with Crippen molar-refractivity contribution in [2.45, 2.75) is 32.1 Å². The van der Waals surface area contributed by atoms with Crippen LogP contribution in [0.1, 0.15) is 52.2 Å². The maximum absolute atomic E-state index is 12.9. The Kier molecular flexibility index (Phi) is 3.75. The van der Waals surface area contributed by atoms with Gasteiger partial charge in [0.05, 0.1) is 0 Å². The van der Waals surface area contributed by atoms with E-state index in [9.17, 15) is 4.79 Å². The van der Waals surface area contributed by atoms with Crippen LogP contribution in [-0.4, -0.2) is 5.78 Å². The van der Waals surface area contributed by atoms with Gasteiger partial charge in [0.25, 0.3) is 0 Å². The van der Waals surface area contributed by atoms with Gasteiger partial charge >= 0.3 is 0 Å². The average molecular weight is 329 g/mol. The number of rotatable bonds is 3. The van der Waals surface area contributed by atoms with E-state index in [1.165, 1.54) is 24.8 Å². The molecule has 1 aliphatic carbocycles. The van der Waals surface area contributed by atoms with Crippen molar-refractivity contribution in [1.82, 2.24) is 0 Å². The zero-order chi connectivity index (χ0) is 14.1. The zero-order valence-electron chi connectivity index (χ0n) is 11.5. The van der Waals surface area contributed by atoms with E-state index in [0.717, 1.165) is 21.2 Å². The van der Waals surface area contributed by atoms with Crippen LogP contribution < -0.4 is 0 Å². The highest BCUT2D eigenvalue weighted by atomic mass is 79.9. The van der Waals surface area contributed by atoms with Gasteiger partial charge in [0.15, 0.2) is 5.78 Å². The minimum Gasteiger partial charge on any atom is -0.289 e. The minimum atomic E-state index is 0.128. The number of ketones is 1. The van der Waals surface area contributed by atoms with E-state index in [-0.39, 0.29) is 5.78 Å². The van der Waals surface area contributed by atoms with E-state index in [0.29, 0.717) is 5.92 Å². The van der Waals surface area contributed by atoms with E-state index in [4.69, 9.17) is 0 Å². The summed E-state index contributed by atoms with van der Waals surface area (Å²) in [5.41, 5.74) is 3.95. The van der Waals surface area contributed by atoms with Crippen molar-refractivity contribution in [3.8, 4) is 0 Å². The van der Waals surface area contributed by atoms with Crippen LogP contribution in [0.4, 0.5) is 0 Å². The molecule has 0 bridgehead atoms. The summed E-state index contributed by atoms with van der Waals surface area (Å²) in [5.74, 6) is 0.696. The van der Waals surface area contributed by atoms with Crippen LogP contribution >= 0.6 is 15.9 Å². The zero-order valence-corrected chi connectivity index (χ0v) is 13.1. The molecular weight excluding hydrogens is 312 g/mol. The Labute approximate surface area is 128 Å². The van der Waals surface area contributed by atoms with Crippen molar-refractivity contribution < 1.29 is 4.79 Å². The lowest BCUT2D eigenvalue weighted by atomic mass is 9.77. The van der Waals surface area contributed by atoms with Gasteiger partial charge in [-0.3, -0.25) is 4.79 Å². The van der Waals surface area contributed by atoms with E-state index in [1.54, 1.807) is 0 Å². The molecule has 1 aliphatic rings. The quantitative estimate of drug-likeness (QED) is 0.702. The predicted octanol–water partition coefficient (Wildman–Crippen LogP) is 5.26. The summed E-state index contributed by atoms with van der Waals surface area (Å²) in [7, 11) is 0. The van der Waals surface area contributed by atoms with Gasteiger partial charge in [-0.25, -0.2) is 0 Å². The SMILES string of the molecule is Cc1ccc(Br)c(C(=O)c2ccccc2C2CCC2)c1.